The zero-order valence-corrected chi connectivity index (χ0v) is 11.2. The van der Waals surface area contributed by atoms with Gasteiger partial charge in [-0.25, -0.2) is 0 Å². The van der Waals surface area contributed by atoms with Gasteiger partial charge in [-0.15, -0.1) is 0 Å². The lowest BCUT2D eigenvalue weighted by Crippen LogP contribution is -3.14. The molecule has 0 unspecified atom stereocenters. The van der Waals surface area contributed by atoms with Gasteiger partial charge in [-0.05, 0) is 36.8 Å². The first-order chi connectivity index (χ1) is 9.19. The van der Waals surface area contributed by atoms with Gasteiger partial charge in [0.25, 0.3) is 0 Å². The van der Waals surface area contributed by atoms with Crippen LogP contribution in [-0.4, -0.2) is 50.3 Å². The standard InChI is InChI=1S/C14H20N2O3/c1-2-15-7-9-16(10-8-15)11-19-13-5-3-12(4-6-13)14(17)18/h3-6H,2,7-11H2,1H3,(H,17,18). The number of carboxylic acid groups (broad SMARTS) is 1. The molecule has 1 fully saturated rings. The molecular formula is C14H20N2O3. The van der Waals surface area contributed by atoms with Crippen molar-refractivity contribution < 1.29 is 19.5 Å². The Morgan fingerprint density at radius 1 is 1.32 bits per heavy atom. The van der Waals surface area contributed by atoms with Crippen molar-refractivity contribution in [3.63, 3.8) is 0 Å². The summed E-state index contributed by atoms with van der Waals surface area (Å²) in [4.78, 5) is 14.5. The summed E-state index contributed by atoms with van der Waals surface area (Å²) in [6.07, 6.45) is 0. The Bertz CT molecular complexity index is 411. The van der Waals surface area contributed by atoms with Crippen LogP contribution in [0.25, 0.3) is 0 Å². The molecule has 0 aromatic heterocycles. The van der Waals surface area contributed by atoms with Crippen molar-refractivity contribution in [2.24, 2.45) is 0 Å². The average Bonchev–Trinajstić information content (AvgIpc) is 2.46. The molecule has 5 heteroatoms. The third-order valence-electron chi connectivity index (χ3n) is 3.57. The summed E-state index contributed by atoms with van der Waals surface area (Å²) in [7, 11) is 0. The number of hydrogen-bond donors (Lipinski definition) is 1. The molecule has 1 saturated heterocycles. The maximum Gasteiger partial charge on any atom is 0.142 e. The molecule has 1 aliphatic heterocycles. The fourth-order valence-corrected chi connectivity index (χ4v) is 2.20. The van der Waals surface area contributed by atoms with E-state index in [2.05, 4.69) is 11.8 Å². The van der Waals surface area contributed by atoms with Gasteiger partial charge in [0.2, 0.25) is 0 Å². The number of carbonyl (C=O) groups is 1. The lowest BCUT2D eigenvalue weighted by atomic mass is 10.2. The number of ether oxygens (including phenoxy) is 1. The first-order valence-corrected chi connectivity index (χ1v) is 6.69. The number of aromatic carboxylic acids is 1. The van der Waals surface area contributed by atoms with Crippen LogP contribution in [0.3, 0.4) is 0 Å². The number of rotatable bonds is 5. The minimum Gasteiger partial charge on any atom is -0.545 e. The molecule has 1 heterocycles. The van der Waals surface area contributed by atoms with Crippen molar-refractivity contribution in [2.75, 3.05) is 39.5 Å². The maximum absolute atomic E-state index is 10.6. The molecule has 19 heavy (non-hydrogen) atoms. The molecule has 1 aromatic carbocycles. The van der Waals surface area contributed by atoms with E-state index in [0.29, 0.717) is 12.5 Å². The molecule has 0 aliphatic carbocycles. The van der Waals surface area contributed by atoms with E-state index in [1.807, 2.05) is 0 Å². The monoisotopic (exact) mass is 264 g/mol. The summed E-state index contributed by atoms with van der Waals surface area (Å²) in [5.41, 5.74) is 0.174. The van der Waals surface area contributed by atoms with Crippen LogP contribution in [0.15, 0.2) is 24.3 Å². The highest BCUT2D eigenvalue weighted by Gasteiger charge is 2.18. The Hall–Kier alpha value is -1.59. The lowest BCUT2D eigenvalue weighted by Gasteiger charge is -2.31. The molecular weight excluding hydrogens is 244 g/mol. The molecule has 0 radical (unpaired) electrons. The van der Waals surface area contributed by atoms with Crippen LogP contribution in [0, 0.1) is 0 Å². The van der Waals surface area contributed by atoms with Crippen LogP contribution in [0.2, 0.25) is 0 Å². The van der Waals surface area contributed by atoms with Gasteiger partial charge in [-0.2, -0.15) is 0 Å². The van der Waals surface area contributed by atoms with E-state index in [-0.39, 0.29) is 5.56 Å². The molecule has 0 amide bonds. The quantitative estimate of drug-likeness (QED) is 0.711. The van der Waals surface area contributed by atoms with E-state index in [1.165, 1.54) is 18.7 Å². The highest BCUT2D eigenvalue weighted by Crippen LogP contribution is 2.12. The van der Waals surface area contributed by atoms with E-state index < -0.39 is 5.97 Å². The number of piperazine rings is 1. The first-order valence-electron chi connectivity index (χ1n) is 6.69. The van der Waals surface area contributed by atoms with Crippen molar-refractivity contribution in [3.8, 4) is 5.75 Å². The second kappa shape index (κ2) is 6.54. The number of likely N-dealkylation sites (N-methyl/N-ethyl adjacent to an activating group) is 1. The number of carboxylic acids is 1. The second-order valence-corrected chi connectivity index (χ2v) is 4.81. The number of carbonyl (C=O) groups excluding carboxylic acids is 1. The fourth-order valence-electron chi connectivity index (χ4n) is 2.20. The van der Waals surface area contributed by atoms with Crippen LogP contribution in [0.1, 0.15) is 17.3 Å². The maximum atomic E-state index is 10.6. The molecule has 0 spiro atoms. The number of nitrogens with zero attached hydrogens (tertiary/aromatic N) is 1. The topological polar surface area (TPSA) is 57.0 Å². The Kier molecular flexibility index (Phi) is 4.76. The highest BCUT2D eigenvalue weighted by atomic mass is 16.5. The molecule has 1 aliphatic rings. The molecule has 1 aromatic rings. The first kappa shape index (κ1) is 13.8. The van der Waals surface area contributed by atoms with E-state index >= 15 is 0 Å². The predicted molar refractivity (Wildman–Crippen MR) is 69.1 cm³/mol. The second-order valence-electron chi connectivity index (χ2n) is 4.81. The van der Waals surface area contributed by atoms with Crippen molar-refractivity contribution in [1.29, 1.82) is 0 Å². The third kappa shape index (κ3) is 3.94. The summed E-state index contributed by atoms with van der Waals surface area (Å²) >= 11 is 0. The van der Waals surface area contributed by atoms with Crippen molar-refractivity contribution in [1.82, 2.24) is 4.90 Å². The zero-order chi connectivity index (χ0) is 13.7. The lowest BCUT2D eigenvalue weighted by molar-refractivity contribution is -0.902. The van der Waals surface area contributed by atoms with Crippen molar-refractivity contribution in [2.45, 2.75) is 6.92 Å². The highest BCUT2D eigenvalue weighted by molar-refractivity contribution is 5.85. The summed E-state index contributed by atoms with van der Waals surface area (Å²) in [6, 6.07) is 6.34. The molecule has 0 atom stereocenters. The van der Waals surface area contributed by atoms with Gasteiger partial charge >= 0.3 is 0 Å². The Morgan fingerprint density at radius 2 is 1.95 bits per heavy atom. The van der Waals surface area contributed by atoms with Crippen LogP contribution in [-0.2, 0) is 0 Å². The van der Waals surface area contributed by atoms with Crippen LogP contribution in [0.5, 0.6) is 5.75 Å². The summed E-state index contributed by atoms with van der Waals surface area (Å²) in [6.45, 7) is 8.34. The van der Waals surface area contributed by atoms with Gasteiger partial charge in [0.15, 0.2) is 0 Å². The molecule has 104 valence electrons. The van der Waals surface area contributed by atoms with Gasteiger partial charge in [-0.3, -0.25) is 4.90 Å². The van der Waals surface area contributed by atoms with E-state index in [4.69, 9.17) is 4.74 Å². The normalized spacial score (nSPS) is 17.3. The Labute approximate surface area is 113 Å². The molecule has 1 N–H and O–H groups in total. The summed E-state index contributed by atoms with van der Waals surface area (Å²) in [5, 5.41) is 10.6. The fraction of sp³-hybridized carbons (Fsp3) is 0.500. The van der Waals surface area contributed by atoms with E-state index in [1.54, 1.807) is 17.0 Å². The molecule has 5 nitrogen and oxygen atoms in total. The number of hydrogen-bond acceptors (Lipinski definition) is 4. The van der Waals surface area contributed by atoms with Crippen molar-refractivity contribution >= 4 is 5.97 Å². The predicted octanol–water partition coefficient (Wildman–Crippen LogP) is -1.39. The summed E-state index contributed by atoms with van der Waals surface area (Å²) < 4.78 is 5.65. The van der Waals surface area contributed by atoms with Gasteiger partial charge in [0, 0.05) is 0 Å². The van der Waals surface area contributed by atoms with Crippen LogP contribution >= 0.6 is 0 Å². The Balaban J connectivity index is 1.78. The van der Waals surface area contributed by atoms with Crippen LogP contribution < -0.4 is 14.7 Å². The zero-order valence-electron chi connectivity index (χ0n) is 11.2. The van der Waals surface area contributed by atoms with Gasteiger partial charge in [-0.1, -0.05) is 0 Å². The van der Waals surface area contributed by atoms with E-state index in [9.17, 15) is 9.90 Å². The largest absolute Gasteiger partial charge is 0.545 e. The third-order valence-corrected chi connectivity index (χ3v) is 3.57. The number of benzene rings is 1. The Morgan fingerprint density at radius 3 is 2.47 bits per heavy atom. The van der Waals surface area contributed by atoms with Crippen LogP contribution in [0.4, 0.5) is 0 Å². The van der Waals surface area contributed by atoms with E-state index in [0.717, 1.165) is 26.2 Å². The SMILES string of the molecule is CC[NH+]1CCN(COc2ccc(C(=O)[O-])cc2)CC1. The summed E-state index contributed by atoms with van der Waals surface area (Å²) in [5.74, 6) is -0.472. The average molecular weight is 264 g/mol. The number of nitrogens with one attached hydrogen (secondary N) is 1. The molecule has 0 saturated carbocycles. The van der Waals surface area contributed by atoms with Crippen molar-refractivity contribution in [3.05, 3.63) is 29.8 Å². The molecule has 2 rings (SSSR count). The molecule has 0 bridgehead atoms. The minimum atomic E-state index is -1.16. The number of quaternary nitrogens is 1. The van der Waals surface area contributed by atoms with Gasteiger partial charge in [0.1, 0.15) is 12.5 Å². The smallest absolute Gasteiger partial charge is 0.142 e. The minimum absolute atomic E-state index is 0.174. The van der Waals surface area contributed by atoms with Gasteiger partial charge < -0.3 is 19.5 Å². The van der Waals surface area contributed by atoms with Gasteiger partial charge in [0.05, 0.1) is 38.7 Å².